The summed E-state index contributed by atoms with van der Waals surface area (Å²) in [5.41, 5.74) is 0. The Labute approximate surface area is 105 Å². The summed E-state index contributed by atoms with van der Waals surface area (Å²) in [5, 5.41) is 14.9. The maximum Gasteiger partial charge on any atom is 0.234 e. The molecule has 0 aromatic carbocycles. The lowest BCUT2D eigenvalue weighted by atomic mass is 10.1. The molecule has 0 heterocycles. The van der Waals surface area contributed by atoms with Crippen LogP contribution in [0.3, 0.4) is 0 Å². The molecule has 2 unspecified atom stereocenters. The van der Waals surface area contributed by atoms with Gasteiger partial charge in [-0.3, -0.25) is 4.79 Å². The average Bonchev–Trinajstić information content (AvgIpc) is 2.27. The van der Waals surface area contributed by atoms with Crippen LogP contribution in [0.4, 0.5) is 0 Å². The molecule has 0 saturated heterocycles. The van der Waals surface area contributed by atoms with Crippen LogP contribution in [0.1, 0.15) is 40.5 Å². The average molecular weight is 244 g/mol. The van der Waals surface area contributed by atoms with Gasteiger partial charge in [0.05, 0.1) is 6.54 Å². The van der Waals surface area contributed by atoms with Crippen LogP contribution in [-0.2, 0) is 4.79 Å². The van der Waals surface area contributed by atoms with Crippen LogP contribution in [0.5, 0.6) is 0 Å². The SMILES string of the molecule is CC(CO)CCCNCC(=O)NC(C)C(C)C. The van der Waals surface area contributed by atoms with Crippen LogP contribution in [0.15, 0.2) is 0 Å². The summed E-state index contributed by atoms with van der Waals surface area (Å²) in [4.78, 5) is 11.5. The van der Waals surface area contributed by atoms with Crippen molar-refractivity contribution in [3.05, 3.63) is 0 Å². The molecule has 17 heavy (non-hydrogen) atoms. The standard InChI is InChI=1S/C13H28N2O2/c1-10(2)12(4)15-13(17)8-14-7-5-6-11(3)9-16/h10-12,14,16H,5-9H2,1-4H3,(H,15,17). The van der Waals surface area contributed by atoms with E-state index < -0.39 is 0 Å². The fourth-order valence-corrected chi connectivity index (χ4v) is 1.34. The van der Waals surface area contributed by atoms with Crippen molar-refractivity contribution in [3.8, 4) is 0 Å². The number of amides is 1. The highest BCUT2D eigenvalue weighted by atomic mass is 16.3. The van der Waals surface area contributed by atoms with Crippen molar-refractivity contribution < 1.29 is 9.90 Å². The Morgan fingerprint density at radius 3 is 2.41 bits per heavy atom. The van der Waals surface area contributed by atoms with Crippen LogP contribution in [0, 0.1) is 11.8 Å². The molecular weight excluding hydrogens is 216 g/mol. The molecule has 0 saturated carbocycles. The molecule has 102 valence electrons. The van der Waals surface area contributed by atoms with Gasteiger partial charge in [0.15, 0.2) is 0 Å². The molecule has 4 heteroatoms. The van der Waals surface area contributed by atoms with Gasteiger partial charge in [-0.1, -0.05) is 20.8 Å². The molecule has 0 aliphatic heterocycles. The largest absolute Gasteiger partial charge is 0.396 e. The third-order valence-electron chi connectivity index (χ3n) is 3.04. The van der Waals surface area contributed by atoms with E-state index in [1.165, 1.54) is 0 Å². The summed E-state index contributed by atoms with van der Waals surface area (Å²) < 4.78 is 0. The van der Waals surface area contributed by atoms with E-state index in [0.717, 1.165) is 19.4 Å². The van der Waals surface area contributed by atoms with Crippen molar-refractivity contribution in [3.63, 3.8) is 0 Å². The lowest BCUT2D eigenvalue weighted by Gasteiger charge is -2.17. The van der Waals surface area contributed by atoms with Crippen molar-refractivity contribution in [1.29, 1.82) is 0 Å². The number of aliphatic hydroxyl groups excluding tert-OH is 1. The Bertz CT molecular complexity index is 208. The van der Waals surface area contributed by atoms with Crippen molar-refractivity contribution in [2.45, 2.75) is 46.6 Å². The van der Waals surface area contributed by atoms with Crippen molar-refractivity contribution in [2.75, 3.05) is 19.7 Å². The summed E-state index contributed by atoms with van der Waals surface area (Å²) in [6, 6.07) is 0.221. The first-order valence-corrected chi connectivity index (χ1v) is 6.58. The van der Waals surface area contributed by atoms with E-state index in [9.17, 15) is 4.79 Å². The van der Waals surface area contributed by atoms with Gasteiger partial charge in [0.2, 0.25) is 5.91 Å². The van der Waals surface area contributed by atoms with Gasteiger partial charge in [-0.15, -0.1) is 0 Å². The second kappa shape index (κ2) is 9.42. The fourth-order valence-electron chi connectivity index (χ4n) is 1.34. The maximum atomic E-state index is 11.5. The van der Waals surface area contributed by atoms with Crippen LogP contribution < -0.4 is 10.6 Å². The smallest absolute Gasteiger partial charge is 0.234 e. The highest BCUT2D eigenvalue weighted by Crippen LogP contribution is 2.02. The summed E-state index contributed by atoms with van der Waals surface area (Å²) in [5.74, 6) is 0.873. The van der Waals surface area contributed by atoms with Gasteiger partial charge in [0.1, 0.15) is 0 Å². The molecule has 0 fully saturated rings. The first kappa shape index (κ1) is 16.4. The number of rotatable bonds is 9. The normalized spacial score (nSPS) is 14.7. The zero-order valence-electron chi connectivity index (χ0n) is 11.6. The molecule has 1 amide bonds. The molecule has 0 spiro atoms. The predicted molar refractivity (Wildman–Crippen MR) is 70.8 cm³/mol. The van der Waals surface area contributed by atoms with E-state index in [0.29, 0.717) is 18.4 Å². The first-order valence-electron chi connectivity index (χ1n) is 6.58. The third kappa shape index (κ3) is 9.12. The second-order valence-corrected chi connectivity index (χ2v) is 5.21. The van der Waals surface area contributed by atoms with Gasteiger partial charge in [-0.05, 0) is 38.1 Å². The Balaban J connectivity index is 3.46. The molecule has 0 aromatic rings. The van der Waals surface area contributed by atoms with E-state index in [1.807, 2.05) is 13.8 Å². The number of carbonyl (C=O) groups excluding carboxylic acids is 1. The molecule has 0 bridgehead atoms. The molecule has 3 N–H and O–H groups in total. The van der Waals surface area contributed by atoms with Crippen LogP contribution in [-0.4, -0.2) is 36.8 Å². The monoisotopic (exact) mass is 244 g/mol. The van der Waals surface area contributed by atoms with Gasteiger partial charge in [-0.2, -0.15) is 0 Å². The number of aliphatic hydroxyl groups is 1. The van der Waals surface area contributed by atoms with Crippen molar-refractivity contribution in [1.82, 2.24) is 10.6 Å². The van der Waals surface area contributed by atoms with E-state index in [4.69, 9.17) is 5.11 Å². The lowest BCUT2D eigenvalue weighted by Crippen LogP contribution is -2.41. The highest BCUT2D eigenvalue weighted by molar-refractivity contribution is 5.78. The van der Waals surface area contributed by atoms with Crippen LogP contribution >= 0.6 is 0 Å². The van der Waals surface area contributed by atoms with E-state index in [1.54, 1.807) is 0 Å². The number of hydrogen-bond donors (Lipinski definition) is 3. The summed E-state index contributed by atoms with van der Waals surface area (Å²) in [6.45, 7) is 9.68. The third-order valence-corrected chi connectivity index (χ3v) is 3.04. The maximum absolute atomic E-state index is 11.5. The highest BCUT2D eigenvalue weighted by Gasteiger charge is 2.09. The molecule has 0 radical (unpaired) electrons. The molecule has 0 aliphatic carbocycles. The molecular formula is C13H28N2O2. The zero-order chi connectivity index (χ0) is 13.3. The molecule has 0 rings (SSSR count). The Kier molecular flexibility index (Phi) is 9.09. The Morgan fingerprint density at radius 2 is 1.88 bits per heavy atom. The molecule has 0 aromatic heterocycles. The zero-order valence-corrected chi connectivity index (χ0v) is 11.6. The molecule has 0 aliphatic rings. The van der Waals surface area contributed by atoms with Gasteiger partial charge < -0.3 is 15.7 Å². The van der Waals surface area contributed by atoms with E-state index >= 15 is 0 Å². The van der Waals surface area contributed by atoms with E-state index in [-0.39, 0.29) is 18.6 Å². The topological polar surface area (TPSA) is 61.4 Å². The van der Waals surface area contributed by atoms with Crippen LogP contribution in [0.25, 0.3) is 0 Å². The number of hydrogen-bond acceptors (Lipinski definition) is 3. The van der Waals surface area contributed by atoms with Crippen LogP contribution in [0.2, 0.25) is 0 Å². The summed E-state index contributed by atoms with van der Waals surface area (Å²) in [6.07, 6.45) is 1.99. The summed E-state index contributed by atoms with van der Waals surface area (Å²) in [7, 11) is 0. The van der Waals surface area contributed by atoms with Crippen molar-refractivity contribution in [2.24, 2.45) is 11.8 Å². The number of nitrogens with one attached hydrogen (secondary N) is 2. The van der Waals surface area contributed by atoms with E-state index in [2.05, 4.69) is 24.5 Å². The molecule has 4 nitrogen and oxygen atoms in total. The fraction of sp³-hybridized carbons (Fsp3) is 0.923. The minimum atomic E-state index is 0.0569. The first-order chi connectivity index (χ1) is 7.97. The van der Waals surface area contributed by atoms with Gasteiger partial charge >= 0.3 is 0 Å². The summed E-state index contributed by atoms with van der Waals surface area (Å²) >= 11 is 0. The quantitative estimate of drug-likeness (QED) is 0.533. The van der Waals surface area contributed by atoms with Gasteiger partial charge in [0, 0.05) is 12.6 Å². The van der Waals surface area contributed by atoms with Crippen molar-refractivity contribution >= 4 is 5.91 Å². The number of carbonyl (C=O) groups is 1. The van der Waals surface area contributed by atoms with Gasteiger partial charge in [0.25, 0.3) is 0 Å². The minimum absolute atomic E-state index is 0.0569. The lowest BCUT2D eigenvalue weighted by molar-refractivity contribution is -0.121. The Morgan fingerprint density at radius 1 is 1.24 bits per heavy atom. The molecule has 2 atom stereocenters. The Hall–Kier alpha value is -0.610. The second-order valence-electron chi connectivity index (χ2n) is 5.21. The minimum Gasteiger partial charge on any atom is -0.396 e. The van der Waals surface area contributed by atoms with Gasteiger partial charge in [-0.25, -0.2) is 0 Å². The predicted octanol–water partition coefficient (Wildman–Crippen LogP) is 1.15.